The van der Waals surface area contributed by atoms with E-state index in [0.717, 1.165) is 31.6 Å². The maximum atomic E-state index is 12.5. The van der Waals surface area contributed by atoms with Gasteiger partial charge in [-0.25, -0.2) is 4.68 Å². The van der Waals surface area contributed by atoms with Crippen LogP contribution in [0.1, 0.15) is 33.6 Å². The fourth-order valence-corrected chi connectivity index (χ4v) is 3.08. The summed E-state index contributed by atoms with van der Waals surface area (Å²) < 4.78 is 1.51. The standard InChI is InChI=1S/C19H18N6O2/c26-18(14-6-8-17(9-7-14)25-13-20-22-23-25)21-16-5-3-4-15(12-16)19(27)24-10-1-2-11-24/h3-9,12-13H,1-2,10-11H2,(H,21,26). The normalized spacial score (nSPS) is 13.6. The van der Waals surface area contributed by atoms with E-state index in [-0.39, 0.29) is 11.8 Å². The Morgan fingerprint density at radius 1 is 0.963 bits per heavy atom. The van der Waals surface area contributed by atoms with Gasteiger partial charge in [0.1, 0.15) is 6.33 Å². The number of hydrogen-bond donors (Lipinski definition) is 1. The van der Waals surface area contributed by atoms with Crippen molar-refractivity contribution < 1.29 is 9.59 Å². The molecule has 136 valence electrons. The quantitative estimate of drug-likeness (QED) is 0.768. The molecule has 0 aliphatic carbocycles. The molecule has 0 unspecified atom stereocenters. The molecule has 2 amide bonds. The third-order valence-electron chi connectivity index (χ3n) is 4.50. The highest BCUT2D eigenvalue weighted by Crippen LogP contribution is 2.17. The summed E-state index contributed by atoms with van der Waals surface area (Å²) in [6.45, 7) is 1.59. The maximum absolute atomic E-state index is 12.5. The largest absolute Gasteiger partial charge is 0.339 e. The summed E-state index contributed by atoms with van der Waals surface area (Å²) in [6.07, 6.45) is 3.57. The number of aromatic nitrogens is 4. The van der Waals surface area contributed by atoms with E-state index in [1.54, 1.807) is 48.5 Å². The van der Waals surface area contributed by atoms with Gasteiger partial charge in [-0.1, -0.05) is 6.07 Å². The molecule has 0 bridgehead atoms. The Morgan fingerprint density at radius 3 is 2.44 bits per heavy atom. The van der Waals surface area contributed by atoms with Crippen molar-refractivity contribution in [2.45, 2.75) is 12.8 Å². The van der Waals surface area contributed by atoms with E-state index < -0.39 is 0 Å². The van der Waals surface area contributed by atoms with E-state index in [1.165, 1.54) is 11.0 Å². The fraction of sp³-hybridized carbons (Fsp3) is 0.211. The van der Waals surface area contributed by atoms with Gasteiger partial charge in [-0.3, -0.25) is 9.59 Å². The summed E-state index contributed by atoms with van der Waals surface area (Å²) in [6, 6.07) is 14.0. The lowest BCUT2D eigenvalue weighted by Crippen LogP contribution is -2.27. The molecule has 0 atom stereocenters. The molecule has 2 aromatic carbocycles. The molecular weight excluding hydrogens is 344 g/mol. The first-order chi connectivity index (χ1) is 13.2. The van der Waals surface area contributed by atoms with E-state index in [9.17, 15) is 9.59 Å². The lowest BCUT2D eigenvalue weighted by molar-refractivity contribution is 0.0792. The molecular formula is C19H18N6O2. The van der Waals surface area contributed by atoms with E-state index in [4.69, 9.17) is 0 Å². The molecule has 8 heteroatoms. The number of carbonyl (C=O) groups excluding carboxylic acids is 2. The predicted octanol–water partition coefficient (Wildman–Crippen LogP) is 2.15. The number of likely N-dealkylation sites (tertiary alicyclic amines) is 1. The minimum Gasteiger partial charge on any atom is -0.339 e. The summed E-state index contributed by atoms with van der Waals surface area (Å²) >= 11 is 0. The molecule has 4 rings (SSSR count). The van der Waals surface area contributed by atoms with Crippen LogP contribution in [-0.4, -0.2) is 50.0 Å². The van der Waals surface area contributed by atoms with Gasteiger partial charge in [0, 0.05) is 29.9 Å². The van der Waals surface area contributed by atoms with Gasteiger partial charge >= 0.3 is 0 Å². The molecule has 0 spiro atoms. The monoisotopic (exact) mass is 362 g/mol. The Hall–Kier alpha value is -3.55. The van der Waals surface area contributed by atoms with Crippen molar-refractivity contribution in [2.24, 2.45) is 0 Å². The fourth-order valence-electron chi connectivity index (χ4n) is 3.08. The molecule has 1 aromatic heterocycles. The molecule has 0 saturated carbocycles. The van der Waals surface area contributed by atoms with Crippen LogP contribution in [0.3, 0.4) is 0 Å². The van der Waals surface area contributed by atoms with Crippen molar-refractivity contribution in [1.82, 2.24) is 25.1 Å². The highest BCUT2D eigenvalue weighted by atomic mass is 16.2. The first-order valence-electron chi connectivity index (χ1n) is 8.75. The smallest absolute Gasteiger partial charge is 0.255 e. The number of rotatable bonds is 4. The summed E-state index contributed by atoms with van der Waals surface area (Å²) in [4.78, 5) is 26.8. The lowest BCUT2D eigenvalue weighted by Gasteiger charge is -2.15. The molecule has 0 radical (unpaired) electrons. The van der Waals surface area contributed by atoms with Crippen molar-refractivity contribution in [3.05, 3.63) is 66.0 Å². The number of carbonyl (C=O) groups is 2. The number of anilines is 1. The van der Waals surface area contributed by atoms with Crippen LogP contribution in [0.15, 0.2) is 54.9 Å². The minimum atomic E-state index is -0.246. The zero-order chi connectivity index (χ0) is 18.6. The molecule has 1 saturated heterocycles. The van der Waals surface area contributed by atoms with Gasteiger partial charge in [0.05, 0.1) is 5.69 Å². The van der Waals surface area contributed by atoms with Gasteiger partial charge in [-0.05, 0) is 65.7 Å². The number of benzene rings is 2. The second-order valence-corrected chi connectivity index (χ2v) is 6.34. The van der Waals surface area contributed by atoms with Crippen LogP contribution < -0.4 is 5.32 Å². The highest BCUT2D eigenvalue weighted by Gasteiger charge is 2.19. The van der Waals surface area contributed by atoms with E-state index in [0.29, 0.717) is 16.8 Å². The summed E-state index contributed by atoms with van der Waals surface area (Å²) in [7, 11) is 0. The van der Waals surface area contributed by atoms with E-state index in [2.05, 4.69) is 20.8 Å². The van der Waals surface area contributed by atoms with E-state index in [1.807, 2.05) is 4.90 Å². The van der Waals surface area contributed by atoms with Gasteiger partial charge in [0.25, 0.3) is 11.8 Å². The van der Waals surface area contributed by atoms with Gasteiger partial charge in [-0.2, -0.15) is 0 Å². The minimum absolute atomic E-state index is 0.00870. The molecule has 1 fully saturated rings. The van der Waals surface area contributed by atoms with Crippen LogP contribution in [0.4, 0.5) is 5.69 Å². The SMILES string of the molecule is O=C(Nc1cccc(C(=O)N2CCCC2)c1)c1ccc(-n2cnnn2)cc1. The Labute approximate surface area is 155 Å². The van der Waals surface area contributed by atoms with Crippen LogP contribution in [0.25, 0.3) is 5.69 Å². The zero-order valence-corrected chi connectivity index (χ0v) is 14.6. The average Bonchev–Trinajstić information content (AvgIpc) is 3.42. The predicted molar refractivity (Wildman–Crippen MR) is 98.7 cm³/mol. The molecule has 1 aliphatic heterocycles. The van der Waals surface area contributed by atoms with Crippen molar-refractivity contribution >= 4 is 17.5 Å². The second kappa shape index (κ2) is 7.36. The maximum Gasteiger partial charge on any atom is 0.255 e. The zero-order valence-electron chi connectivity index (χ0n) is 14.6. The summed E-state index contributed by atoms with van der Waals surface area (Å²) in [5.41, 5.74) is 2.44. The molecule has 8 nitrogen and oxygen atoms in total. The Balaban J connectivity index is 1.46. The number of amides is 2. The number of nitrogens with one attached hydrogen (secondary N) is 1. The first-order valence-corrected chi connectivity index (χ1v) is 8.75. The summed E-state index contributed by atoms with van der Waals surface area (Å²) in [5.74, 6) is -0.238. The van der Waals surface area contributed by atoms with Crippen molar-refractivity contribution in [1.29, 1.82) is 0 Å². The molecule has 3 aromatic rings. The average molecular weight is 362 g/mol. The molecule has 27 heavy (non-hydrogen) atoms. The number of hydrogen-bond acceptors (Lipinski definition) is 5. The van der Waals surface area contributed by atoms with Gasteiger partial charge < -0.3 is 10.2 Å². The van der Waals surface area contributed by atoms with Crippen molar-refractivity contribution in [3.63, 3.8) is 0 Å². The van der Waals surface area contributed by atoms with Crippen molar-refractivity contribution in [3.8, 4) is 5.69 Å². The van der Waals surface area contributed by atoms with Crippen molar-refractivity contribution in [2.75, 3.05) is 18.4 Å². The number of nitrogens with zero attached hydrogens (tertiary/aromatic N) is 5. The van der Waals surface area contributed by atoms with Crippen LogP contribution in [0.5, 0.6) is 0 Å². The van der Waals surface area contributed by atoms with Gasteiger partial charge in [0.15, 0.2) is 0 Å². The van der Waals surface area contributed by atoms with Gasteiger partial charge in [0.2, 0.25) is 0 Å². The Morgan fingerprint density at radius 2 is 1.74 bits per heavy atom. The molecule has 1 aliphatic rings. The van der Waals surface area contributed by atoms with Crippen LogP contribution in [0.2, 0.25) is 0 Å². The first kappa shape index (κ1) is 16.9. The van der Waals surface area contributed by atoms with Crippen LogP contribution >= 0.6 is 0 Å². The molecule has 1 N–H and O–H groups in total. The topological polar surface area (TPSA) is 93.0 Å². The lowest BCUT2D eigenvalue weighted by atomic mass is 10.1. The third kappa shape index (κ3) is 3.69. The second-order valence-electron chi connectivity index (χ2n) is 6.34. The van der Waals surface area contributed by atoms with Crippen LogP contribution in [-0.2, 0) is 0 Å². The Bertz CT molecular complexity index is 947. The van der Waals surface area contributed by atoms with Gasteiger partial charge in [-0.15, -0.1) is 5.10 Å². The van der Waals surface area contributed by atoms with Crippen LogP contribution in [0, 0.1) is 0 Å². The third-order valence-corrected chi connectivity index (χ3v) is 4.50. The highest BCUT2D eigenvalue weighted by molar-refractivity contribution is 6.05. The van der Waals surface area contributed by atoms with E-state index >= 15 is 0 Å². The summed E-state index contributed by atoms with van der Waals surface area (Å²) in [5, 5.41) is 13.8. The Kier molecular flexibility index (Phi) is 4.61. The molecule has 2 heterocycles. The number of tetrazole rings is 1.